The van der Waals surface area contributed by atoms with E-state index in [0.717, 1.165) is 5.82 Å². The summed E-state index contributed by atoms with van der Waals surface area (Å²) < 4.78 is 1.82. The first-order chi connectivity index (χ1) is 5.47. The molecule has 4 heteroatoms. The maximum Gasteiger partial charge on any atom is 0.141 e. The average molecular weight is 146 g/mol. The van der Waals surface area contributed by atoms with Gasteiger partial charge in [0.1, 0.15) is 18.5 Å². The van der Waals surface area contributed by atoms with E-state index in [-0.39, 0.29) is 0 Å². The molecule has 0 unspecified atom stereocenters. The Morgan fingerprint density at radius 2 is 2.18 bits per heavy atom. The monoisotopic (exact) mass is 146 g/mol. The summed E-state index contributed by atoms with van der Waals surface area (Å²) in [6.07, 6.45) is 8.45. The Kier molecular flexibility index (Phi) is 1.37. The molecule has 54 valence electrons. The summed E-state index contributed by atoms with van der Waals surface area (Å²) in [5.41, 5.74) is 0. The van der Waals surface area contributed by atoms with E-state index in [2.05, 4.69) is 15.0 Å². The maximum atomic E-state index is 4.03. The summed E-state index contributed by atoms with van der Waals surface area (Å²) >= 11 is 0. The molecule has 0 amide bonds. The molecule has 0 aliphatic carbocycles. The molecular formula is C7H6N4. The third kappa shape index (κ3) is 1.10. The van der Waals surface area contributed by atoms with Crippen molar-refractivity contribution in [2.24, 2.45) is 0 Å². The lowest BCUT2D eigenvalue weighted by atomic mass is 10.6. The van der Waals surface area contributed by atoms with Crippen LogP contribution in [0, 0.1) is 0 Å². The van der Waals surface area contributed by atoms with Crippen molar-refractivity contribution in [2.75, 3.05) is 0 Å². The number of hydrogen-bond donors (Lipinski definition) is 0. The first kappa shape index (κ1) is 6.03. The highest BCUT2D eigenvalue weighted by molar-refractivity contribution is 5.17. The maximum absolute atomic E-state index is 4.03. The second-order valence-corrected chi connectivity index (χ2v) is 2.04. The Bertz CT molecular complexity index is 313. The summed E-state index contributed by atoms with van der Waals surface area (Å²) in [7, 11) is 0. The van der Waals surface area contributed by atoms with Gasteiger partial charge in [-0.3, -0.25) is 4.57 Å². The van der Waals surface area contributed by atoms with Crippen LogP contribution in [-0.2, 0) is 0 Å². The molecule has 2 rings (SSSR count). The van der Waals surface area contributed by atoms with E-state index in [0.29, 0.717) is 0 Å². The van der Waals surface area contributed by atoms with E-state index in [1.54, 1.807) is 18.7 Å². The summed E-state index contributed by atoms with van der Waals surface area (Å²) in [5.74, 6) is 0.831. The van der Waals surface area contributed by atoms with Crippen molar-refractivity contribution in [2.45, 2.75) is 0 Å². The molecule has 11 heavy (non-hydrogen) atoms. The number of rotatable bonds is 1. The molecule has 0 aliphatic heterocycles. The van der Waals surface area contributed by atoms with Gasteiger partial charge in [0.15, 0.2) is 0 Å². The van der Waals surface area contributed by atoms with E-state index >= 15 is 0 Å². The van der Waals surface area contributed by atoms with Gasteiger partial charge >= 0.3 is 0 Å². The predicted molar refractivity (Wildman–Crippen MR) is 39.2 cm³/mol. The molecule has 0 bridgehead atoms. The summed E-state index contributed by atoms with van der Waals surface area (Å²) in [6, 6.07) is 1.82. The quantitative estimate of drug-likeness (QED) is 0.593. The molecule has 0 spiro atoms. The van der Waals surface area contributed by atoms with Crippen molar-refractivity contribution in [3.05, 3.63) is 37.3 Å². The van der Waals surface area contributed by atoms with Crippen LogP contribution in [0.5, 0.6) is 0 Å². The molecule has 0 atom stereocenters. The van der Waals surface area contributed by atoms with Crippen LogP contribution in [0.3, 0.4) is 0 Å². The average Bonchev–Trinajstić information content (AvgIpc) is 2.58. The minimum absolute atomic E-state index is 0.831. The van der Waals surface area contributed by atoms with Crippen LogP contribution in [0.4, 0.5) is 0 Å². The van der Waals surface area contributed by atoms with Crippen LogP contribution in [0.2, 0.25) is 0 Å². The Morgan fingerprint density at radius 1 is 1.18 bits per heavy atom. The van der Waals surface area contributed by atoms with Crippen molar-refractivity contribution in [3.63, 3.8) is 0 Å². The molecule has 0 saturated heterocycles. The third-order valence-corrected chi connectivity index (χ3v) is 1.34. The molecule has 0 radical (unpaired) electrons. The zero-order valence-electron chi connectivity index (χ0n) is 5.75. The van der Waals surface area contributed by atoms with Gasteiger partial charge in [0.25, 0.3) is 0 Å². The summed E-state index contributed by atoms with van der Waals surface area (Å²) in [4.78, 5) is 11.7. The first-order valence-electron chi connectivity index (χ1n) is 3.21. The van der Waals surface area contributed by atoms with Crippen molar-refractivity contribution >= 4 is 0 Å². The minimum Gasteiger partial charge on any atom is -0.290 e. The van der Waals surface area contributed by atoms with Crippen LogP contribution in [-0.4, -0.2) is 19.5 Å². The number of nitrogens with zero attached hydrogens (tertiary/aromatic N) is 4. The Labute approximate surface area is 63.6 Å². The van der Waals surface area contributed by atoms with Gasteiger partial charge in [-0.1, -0.05) is 0 Å². The molecule has 0 saturated carbocycles. The standard InChI is InChI=1S/C7H6N4/c1-2-8-5-10-7(1)11-4-3-9-6-11/h1-6H. The van der Waals surface area contributed by atoms with Crippen LogP contribution in [0.25, 0.3) is 5.82 Å². The third-order valence-electron chi connectivity index (χ3n) is 1.34. The largest absolute Gasteiger partial charge is 0.290 e. The fourth-order valence-electron chi connectivity index (χ4n) is 0.831. The number of hydrogen-bond acceptors (Lipinski definition) is 3. The predicted octanol–water partition coefficient (Wildman–Crippen LogP) is 0.662. The second kappa shape index (κ2) is 2.49. The topological polar surface area (TPSA) is 43.6 Å². The zero-order chi connectivity index (χ0) is 7.52. The minimum atomic E-state index is 0.831. The summed E-state index contributed by atoms with van der Waals surface area (Å²) in [6.45, 7) is 0. The van der Waals surface area contributed by atoms with Crippen molar-refractivity contribution < 1.29 is 0 Å². The molecule has 0 aromatic carbocycles. The molecule has 0 aliphatic rings. The molecule has 2 aromatic heterocycles. The highest BCUT2D eigenvalue weighted by atomic mass is 15.1. The highest BCUT2D eigenvalue weighted by Gasteiger charge is 1.92. The second-order valence-electron chi connectivity index (χ2n) is 2.04. The van der Waals surface area contributed by atoms with Gasteiger partial charge in [-0.2, -0.15) is 0 Å². The summed E-state index contributed by atoms with van der Waals surface area (Å²) in [5, 5.41) is 0. The van der Waals surface area contributed by atoms with E-state index in [9.17, 15) is 0 Å². The van der Waals surface area contributed by atoms with Crippen LogP contribution in [0.15, 0.2) is 37.3 Å². The van der Waals surface area contributed by atoms with Gasteiger partial charge < -0.3 is 0 Å². The van der Waals surface area contributed by atoms with Crippen LogP contribution < -0.4 is 0 Å². The molecular weight excluding hydrogens is 140 g/mol. The van der Waals surface area contributed by atoms with Gasteiger partial charge in [-0.25, -0.2) is 15.0 Å². The molecule has 2 heterocycles. The number of imidazole rings is 1. The van der Waals surface area contributed by atoms with Gasteiger partial charge in [0.2, 0.25) is 0 Å². The molecule has 2 aromatic rings. The Hall–Kier alpha value is -1.71. The lowest BCUT2D eigenvalue weighted by Crippen LogP contribution is -1.92. The van der Waals surface area contributed by atoms with Crippen LogP contribution >= 0.6 is 0 Å². The van der Waals surface area contributed by atoms with Crippen molar-refractivity contribution in [1.82, 2.24) is 19.5 Å². The Balaban J connectivity index is 2.46. The fraction of sp³-hybridized carbons (Fsp3) is 0. The molecule has 0 N–H and O–H groups in total. The normalized spacial score (nSPS) is 9.82. The highest BCUT2D eigenvalue weighted by Crippen LogP contribution is 1.98. The first-order valence-corrected chi connectivity index (χ1v) is 3.21. The zero-order valence-corrected chi connectivity index (χ0v) is 5.75. The van der Waals surface area contributed by atoms with E-state index in [1.807, 2.05) is 16.8 Å². The lowest BCUT2D eigenvalue weighted by molar-refractivity contribution is 0.970. The van der Waals surface area contributed by atoms with Gasteiger partial charge in [-0.15, -0.1) is 0 Å². The van der Waals surface area contributed by atoms with E-state index in [4.69, 9.17) is 0 Å². The van der Waals surface area contributed by atoms with Crippen LogP contribution in [0.1, 0.15) is 0 Å². The lowest BCUT2D eigenvalue weighted by Gasteiger charge is -1.96. The smallest absolute Gasteiger partial charge is 0.141 e. The van der Waals surface area contributed by atoms with Gasteiger partial charge in [-0.05, 0) is 6.07 Å². The SMILES string of the molecule is c1cc(-n2ccnc2)ncn1. The van der Waals surface area contributed by atoms with Crippen molar-refractivity contribution in [3.8, 4) is 5.82 Å². The van der Waals surface area contributed by atoms with Gasteiger partial charge in [0.05, 0.1) is 0 Å². The van der Waals surface area contributed by atoms with E-state index < -0.39 is 0 Å². The Morgan fingerprint density at radius 3 is 2.82 bits per heavy atom. The number of aromatic nitrogens is 4. The van der Waals surface area contributed by atoms with Crippen molar-refractivity contribution in [1.29, 1.82) is 0 Å². The fourth-order valence-corrected chi connectivity index (χ4v) is 0.831. The molecule has 0 fully saturated rings. The molecule has 4 nitrogen and oxygen atoms in total. The van der Waals surface area contributed by atoms with E-state index in [1.165, 1.54) is 6.33 Å². The van der Waals surface area contributed by atoms with Gasteiger partial charge in [0, 0.05) is 18.6 Å².